The van der Waals surface area contributed by atoms with Gasteiger partial charge in [0, 0.05) is 37.5 Å². The fourth-order valence-corrected chi connectivity index (χ4v) is 3.87. The first-order valence-corrected chi connectivity index (χ1v) is 9.35. The average molecular weight is 392 g/mol. The van der Waals surface area contributed by atoms with Gasteiger partial charge < -0.3 is 14.6 Å². The van der Waals surface area contributed by atoms with E-state index in [0.29, 0.717) is 42.3 Å². The van der Waals surface area contributed by atoms with Crippen molar-refractivity contribution in [2.45, 2.75) is 25.3 Å². The van der Waals surface area contributed by atoms with Crippen LogP contribution < -0.4 is 5.32 Å². The van der Waals surface area contributed by atoms with E-state index in [1.807, 2.05) is 6.07 Å². The summed E-state index contributed by atoms with van der Waals surface area (Å²) >= 11 is 0. The first-order valence-electron chi connectivity index (χ1n) is 9.35. The lowest BCUT2D eigenvalue weighted by Crippen LogP contribution is -2.41. The molecule has 7 nitrogen and oxygen atoms in total. The van der Waals surface area contributed by atoms with E-state index in [1.165, 1.54) is 18.2 Å². The van der Waals surface area contributed by atoms with Crippen molar-refractivity contribution in [1.82, 2.24) is 14.9 Å². The summed E-state index contributed by atoms with van der Waals surface area (Å²) in [6, 6.07) is 7.75. The number of nitrogens with zero attached hydrogens (tertiary/aromatic N) is 3. The molecule has 0 radical (unpaired) electrons. The summed E-state index contributed by atoms with van der Waals surface area (Å²) in [6.45, 7) is 0.747. The number of anilines is 1. The van der Waals surface area contributed by atoms with Crippen molar-refractivity contribution in [3.8, 4) is 11.5 Å². The number of hydrogen-bond donors (Lipinski definition) is 1. The van der Waals surface area contributed by atoms with Crippen LogP contribution in [0.2, 0.25) is 0 Å². The van der Waals surface area contributed by atoms with Crippen molar-refractivity contribution in [2.24, 2.45) is 0 Å². The number of halogens is 1. The zero-order valence-electron chi connectivity index (χ0n) is 15.4. The lowest BCUT2D eigenvalue weighted by Gasteiger charge is -2.32. The average Bonchev–Trinajstić information content (AvgIpc) is 3.17. The van der Waals surface area contributed by atoms with Crippen LogP contribution in [0.15, 0.2) is 47.1 Å². The monoisotopic (exact) mass is 392 g/mol. The standard InChI is InChI=1S/C21H17FN4O3/c22-13-3-4-16-14(8-13)15(9-19(27)24-16)21(28)26-7-5-18-17(11-26)25-20(29-18)12-2-1-6-23-10-12/h1-4,6,8,10,15H,5,7,9,11H2,(H,24,27). The normalized spacial score (nSPS) is 18.0. The van der Waals surface area contributed by atoms with Gasteiger partial charge in [0.05, 0.1) is 18.0 Å². The van der Waals surface area contributed by atoms with Gasteiger partial charge in [-0.3, -0.25) is 14.6 Å². The van der Waals surface area contributed by atoms with Gasteiger partial charge in [-0.25, -0.2) is 9.37 Å². The Hall–Kier alpha value is -3.55. The molecule has 29 heavy (non-hydrogen) atoms. The molecule has 2 aliphatic rings. The molecule has 0 saturated heterocycles. The van der Waals surface area contributed by atoms with Gasteiger partial charge in [0.1, 0.15) is 17.3 Å². The van der Waals surface area contributed by atoms with Gasteiger partial charge >= 0.3 is 0 Å². The van der Waals surface area contributed by atoms with Crippen LogP contribution in [0.4, 0.5) is 10.1 Å². The van der Waals surface area contributed by atoms with Gasteiger partial charge in [-0.2, -0.15) is 0 Å². The number of nitrogens with one attached hydrogen (secondary N) is 1. The molecule has 1 atom stereocenters. The molecule has 1 aromatic carbocycles. The number of pyridine rings is 1. The summed E-state index contributed by atoms with van der Waals surface area (Å²) in [5.74, 6) is -0.372. The van der Waals surface area contributed by atoms with E-state index < -0.39 is 11.7 Å². The maximum absolute atomic E-state index is 13.8. The molecule has 8 heteroatoms. The fraction of sp³-hybridized carbons (Fsp3) is 0.238. The van der Waals surface area contributed by atoms with E-state index in [2.05, 4.69) is 15.3 Å². The maximum Gasteiger partial charge on any atom is 0.231 e. The van der Waals surface area contributed by atoms with Crippen LogP contribution in [-0.2, 0) is 22.6 Å². The third-order valence-electron chi connectivity index (χ3n) is 5.30. The van der Waals surface area contributed by atoms with Gasteiger partial charge in [0.15, 0.2) is 0 Å². The van der Waals surface area contributed by atoms with E-state index in [0.717, 1.165) is 11.3 Å². The Balaban J connectivity index is 1.41. The second-order valence-electron chi connectivity index (χ2n) is 7.18. The van der Waals surface area contributed by atoms with Crippen LogP contribution in [0.25, 0.3) is 11.5 Å². The first kappa shape index (κ1) is 17.5. The highest BCUT2D eigenvalue weighted by molar-refractivity contribution is 6.01. The molecule has 0 saturated carbocycles. The van der Waals surface area contributed by atoms with Gasteiger partial charge in [0.2, 0.25) is 17.7 Å². The summed E-state index contributed by atoms with van der Waals surface area (Å²) in [4.78, 5) is 35.5. The van der Waals surface area contributed by atoms with Crippen molar-refractivity contribution >= 4 is 17.5 Å². The van der Waals surface area contributed by atoms with Crippen molar-refractivity contribution in [3.05, 3.63) is 65.6 Å². The molecule has 0 spiro atoms. The molecular formula is C21H17FN4O3. The van der Waals surface area contributed by atoms with Gasteiger partial charge in [-0.15, -0.1) is 0 Å². The minimum Gasteiger partial charge on any atom is -0.441 e. The van der Waals surface area contributed by atoms with Crippen LogP contribution in [0.1, 0.15) is 29.4 Å². The smallest absolute Gasteiger partial charge is 0.231 e. The molecule has 1 unspecified atom stereocenters. The number of rotatable bonds is 2. The topological polar surface area (TPSA) is 88.3 Å². The van der Waals surface area contributed by atoms with Gasteiger partial charge in [-0.05, 0) is 35.9 Å². The number of fused-ring (bicyclic) bond motifs is 2. The Bertz CT molecular complexity index is 1110. The summed E-state index contributed by atoms with van der Waals surface area (Å²) in [7, 11) is 0. The Morgan fingerprint density at radius 1 is 1.31 bits per heavy atom. The molecule has 5 rings (SSSR count). The molecule has 0 aliphatic carbocycles. The van der Waals surface area contributed by atoms with E-state index in [4.69, 9.17) is 4.42 Å². The first-order chi connectivity index (χ1) is 14.1. The highest BCUT2D eigenvalue weighted by atomic mass is 19.1. The summed E-state index contributed by atoms with van der Waals surface area (Å²) < 4.78 is 19.6. The van der Waals surface area contributed by atoms with Crippen molar-refractivity contribution in [1.29, 1.82) is 0 Å². The summed E-state index contributed by atoms with van der Waals surface area (Å²) in [6.07, 6.45) is 3.88. The highest BCUT2D eigenvalue weighted by Crippen LogP contribution is 2.35. The molecular weight excluding hydrogens is 375 g/mol. The second-order valence-corrected chi connectivity index (χ2v) is 7.18. The fourth-order valence-electron chi connectivity index (χ4n) is 3.87. The highest BCUT2D eigenvalue weighted by Gasteiger charge is 2.36. The van der Waals surface area contributed by atoms with Crippen LogP contribution in [0, 0.1) is 5.82 Å². The van der Waals surface area contributed by atoms with E-state index in [1.54, 1.807) is 23.4 Å². The minimum atomic E-state index is -0.708. The van der Waals surface area contributed by atoms with E-state index >= 15 is 0 Å². The maximum atomic E-state index is 13.8. The predicted octanol–water partition coefficient (Wildman–Crippen LogP) is 2.89. The minimum absolute atomic E-state index is 0.00159. The molecule has 146 valence electrons. The molecule has 0 fully saturated rings. The molecule has 3 aromatic rings. The number of carbonyl (C=O) groups excluding carboxylic acids is 2. The summed E-state index contributed by atoms with van der Waals surface area (Å²) in [5, 5.41) is 2.70. The molecule has 0 bridgehead atoms. The van der Waals surface area contributed by atoms with Crippen molar-refractivity contribution in [2.75, 3.05) is 11.9 Å². The van der Waals surface area contributed by atoms with E-state index in [9.17, 15) is 14.0 Å². The Morgan fingerprint density at radius 2 is 2.21 bits per heavy atom. The number of aromatic nitrogens is 2. The van der Waals surface area contributed by atoms with Gasteiger partial charge in [0.25, 0.3) is 0 Å². The van der Waals surface area contributed by atoms with Crippen LogP contribution >= 0.6 is 0 Å². The summed E-state index contributed by atoms with van der Waals surface area (Å²) in [5.41, 5.74) is 2.46. The molecule has 2 aromatic heterocycles. The van der Waals surface area contributed by atoms with Crippen LogP contribution in [0.3, 0.4) is 0 Å². The quantitative estimate of drug-likeness (QED) is 0.725. The number of amides is 2. The third-order valence-corrected chi connectivity index (χ3v) is 5.30. The number of benzene rings is 1. The van der Waals surface area contributed by atoms with Crippen molar-refractivity contribution in [3.63, 3.8) is 0 Å². The zero-order valence-corrected chi connectivity index (χ0v) is 15.4. The third kappa shape index (κ3) is 3.16. The molecule has 4 heterocycles. The van der Waals surface area contributed by atoms with Gasteiger partial charge in [-0.1, -0.05) is 0 Å². The SMILES string of the molecule is O=C1CC(C(=O)N2CCc3oc(-c4cccnc4)nc3C2)c2cc(F)ccc2N1. The Morgan fingerprint density at radius 3 is 3.03 bits per heavy atom. The second kappa shape index (κ2) is 6.80. The van der Waals surface area contributed by atoms with E-state index in [-0.39, 0.29) is 18.2 Å². The lowest BCUT2D eigenvalue weighted by molar-refractivity contribution is -0.135. The van der Waals surface area contributed by atoms with Crippen molar-refractivity contribution < 1.29 is 18.4 Å². The predicted molar refractivity (Wildman–Crippen MR) is 101 cm³/mol. The number of carbonyl (C=O) groups is 2. The molecule has 2 amide bonds. The largest absolute Gasteiger partial charge is 0.441 e. The Kier molecular flexibility index (Phi) is 4.12. The van der Waals surface area contributed by atoms with Crippen LogP contribution in [0.5, 0.6) is 0 Å². The molecule has 1 N–H and O–H groups in total. The number of oxazole rings is 1. The van der Waals surface area contributed by atoms with Crippen LogP contribution in [-0.4, -0.2) is 33.2 Å². The Labute approximate surface area is 165 Å². The number of hydrogen-bond acceptors (Lipinski definition) is 5. The lowest BCUT2D eigenvalue weighted by atomic mass is 9.88. The molecule has 2 aliphatic heterocycles. The zero-order chi connectivity index (χ0) is 20.0.